The number of anilines is 1. The van der Waals surface area contributed by atoms with Gasteiger partial charge in [0.25, 0.3) is 0 Å². The molecule has 0 bridgehead atoms. The van der Waals surface area contributed by atoms with E-state index < -0.39 is 12.1 Å². The molecule has 0 heterocycles. The lowest BCUT2D eigenvalue weighted by atomic mass is 9.95. The van der Waals surface area contributed by atoms with Crippen LogP contribution in [-0.4, -0.2) is 45.7 Å². The van der Waals surface area contributed by atoms with Gasteiger partial charge in [0.1, 0.15) is 6.04 Å². The van der Waals surface area contributed by atoms with Crippen molar-refractivity contribution in [2.45, 2.75) is 78.3 Å². The number of carbonyl (C=O) groups is 2. The van der Waals surface area contributed by atoms with Crippen molar-refractivity contribution in [3.05, 3.63) is 45.6 Å². The quantitative estimate of drug-likeness (QED) is 0.312. The third kappa shape index (κ3) is 7.71. The van der Waals surface area contributed by atoms with Crippen LogP contribution in [-0.2, 0) is 16.0 Å². The number of hydrogen-bond donors (Lipinski definition) is 3. The molecule has 1 aliphatic rings. The molecule has 0 aromatic heterocycles. The number of amides is 2. The Morgan fingerprint density at radius 3 is 2.37 bits per heavy atom. The fourth-order valence-electron chi connectivity index (χ4n) is 5.30. The third-order valence-corrected chi connectivity index (χ3v) is 7.43. The molecule has 2 atom stereocenters. The highest BCUT2D eigenvalue weighted by molar-refractivity contribution is 5.86. The average molecular weight is 568 g/mol. The highest BCUT2D eigenvalue weighted by Crippen LogP contribution is 2.50. The molecule has 0 fully saturated rings. The van der Waals surface area contributed by atoms with Gasteiger partial charge >= 0.3 is 0 Å². The highest BCUT2D eigenvalue weighted by Gasteiger charge is 2.29. The van der Waals surface area contributed by atoms with E-state index in [1.165, 1.54) is 6.92 Å². The van der Waals surface area contributed by atoms with Crippen LogP contribution in [0.15, 0.2) is 29.1 Å². The first-order valence-corrected chi connectivity index (χ1v) is 14.5. The smallest absolute Gasteiger partial charge is 0.242 e. The van der Waals surface area contributed by atoms with E-state index in [9.17, 15) is 14.4 Å². The highest BCUT2D eigenvalue weighted by atomic mass is 16.5. The standard InChI is InChI=1S/C32H45N3O6/c1-8-9-10-26(32(38)33-16-15-19(2)3)35-25-14-12-22-23(18-27(25)37)24(34-20(4)36)13-11-21-17-28(39-5)30(40-6)31(41-7)29(21)22/h12,14,17-19,24,26H,8-11,13,15-16H2,1-7H3,(H,33,38)(H,34,36)(H,35,37)/t24-,26?/m0/s1. The van der Waals surface area contributed by atoms with Gasteiger partial charge in [-0.3, -0.25) is 14.4 Å². The second-order valence-electron chi connectivity index (χ2n) is 10.9. The topological polar surface area (TPSA) is 115 Å². The summed E-state index contributed by atoms with van der Waals surface area (Å²) in [6, 6.07) is 6.12. The maximum absolute atomic E-state index is 13.7. The molecule has 3 rings (SSSR count). The van der Waals surface area contributed by atoms with Crippen molar-refractivity contribution in [1.29, 1.82) is 0 Å². The van der Waals surface area contributed by atoms with Gasteiger partial charge in [-0.2, -0.15) is 0 Å². The van der Waals surface area contributed by atoms with Crippen LogP contribution in [0.5, 0.6) is 17.2 Å². The number of methoxy groups -OCH3 is 3. The molecule has 9 nitrogen and oxygen atoms in total. The average Bonchev–Trinajstić information content (AvgIpc) is 3.18. The number of ether oxygens (including phenoxy) is 3. The summed E-state index contributed by atoms with van der Waals surface area (Å²) in [6.45, 7) is 8.35. The molecule has 224 valence electrons. The van der Waals surface area contributed by atoms with Crippen molar-refractivity contribution >= 4 is 17.5 Å². The van der Waals surface area contributed by atoms with Crippen LogP contribution in [0.2, 0.25) is 0 Å². The minimum absolute atomic E-state index is 0.119. The lowest BCUT2D eigenvalue weighted by molar-refractivity contribution is -0.122. The molecule has 9 heteroatoms. The number of fused-ring (bicyclic) bond motifs is 3. The van der Waals surface area contributed by atoms with Gasteiger partial charge < -0.3 is 30.2 Å². The lowest BCUT2D eigenvalue weighted by Crippen LogP contribution is -2.41. The molecular weight excluding hydrogens is 522 g/mol. The van der Waals surface area contributed by atoms with Gasteiger partial charge in [0.2, 0.25) is 23.0 Å². The Kier molecular flexibility index (Phi) is 11.4. The summed E-state index contributed by atoms with van der Waals surface area (Å²) in [5.74, 6) is 1.64. The number of carbonyl (C=O) groups excluding carboxylic acids is 2. The Morgan fingerprint density at radius 2 is 1.76 bits per heavy atom. The maximum Gasteiger partial charge on any atom is 0.242 e. The van der Waals surface area contributed by atoms with E-state index in [1.807, 2.05) is 12.1 Å². The summed E-state index contributed by atoms with van der Waals surface area (Å²) in [5, 5.41) is 9.28. The van der Waals surface area contributed by atoms with Crippen molar-refractivity contribution in [2.24, 2.45) is 5.92 Å². The molecule has 2 aromatic carbocycles. The predicted octanol–water partition coefficient (Wildman–Crippen LogP) is 5.00. The van der Waals surface area contributed by atoms with E-state index >= 15 is 0 Å². The van der Waals surface area contributed by atoms with Gasteiger partial charge in [0.15, 0.2) is 11.5 Å². The Labute approximate surface area is 243 Å². The van der Waals surface area contributed by atoms with E-state index in [1.54, 1.807) is 33.5 Å². The Balaban J connectivity index is 2.16. The zero-order valence-corrected chi connectivity index (χ0v) is 25.4. The van der Waals surface area contributed by atoms with Gasteiger partial charge in [-0.1, -0.05) is 39.7 Å². The summed E-state index contributed by atoms with van der Waals surface area (Å²) >= 11 is 0. The zero-order valence-electron chi connectivity index (χ0n) is 25.4. The number of rotatable bonds is 13. The molecule has 2 amide bonds. The van der Waals surface area contributed by atoms with Crippen LogP contribution in [0, 0.1) is 5.92 Å². The van der Waals surface area contributed by atoms with Crippen molar-refractivity contribution in [1.82, 2.24) is 10.6 Å². The number of benzene rings is 1. The van der Waals surface area contributed by atoms with Crippen LogP contribution < -0.4 is 35.6 Å². The summed E-state index contributed by atoms with van der Waals surface area (Å²) in [5.41, 5.74) is 3.21. The molecule has 0 saturated carbocycles. The van der Waals surface area contributed by atoms with Gasteiger partial charge in [0, 0.05) is 19.0 Å². The van der Waals surface area contributed by atoms with Gasteiger partial charge in [-0.25, -0.2) is 0 Å². The van der Waals surface area contributed by atoms with Crippen molar-refractivity contribution in [3.63, 3.8) is 0 Å². The number of nitrogens with one attached hydrogen (secondary N) is 3. The van der Waals surface area contributed by atoms with Gasteiger partial charge in [0.05, 0.1) is 33.1 Å². The maximum atomic E-state index is 13.7. The zero-order chi connectivity index (χ0) is 30.1. The molecule has 1 aliphatic carbocycles. The van der Waals surface area contributed by atoms with E-state index in [2.05, 4.69) is 36.7 Å². The minimum atomic E-state index is -0.547. The number of unbranched alkanes of at least 4 members (excludes halogenated alkanes) is 1. The fraction of sp³-hybridized carbons (Fsp3) is 0.531. The first-order valence-electron chi connectivity index (χ1n) is 14.5. The van der Waals surface area contributed by atoms with E-state index in [4.69, 9.17) is 14.2 Å². The largest absolute Gasteiger partial charge is 0.493 e. The SMILES string of the molecule is CCCCC(Nc1ccc2c(cc1=O)[C@@H](NC(C)=O)CCc1cc(OC)c(OC)c(OC)c1-2)C(=O)NCCC(C)C. The van der Waals surface area contributed by atoms with Crippen molar-refractivity contribution in [3.8, 4) is 28.4 Å². The first kappa shape index (κ1) is 31.8. The molecule has 41 heavy (non-hydrogen) atoms. The van der Waals surface area contributed by atoms with Crippen LogP contribution in [0.4, 0.5) is 5.69 Å². The van der Waals surface area contributed by atoms with E-state index in [0.29, 0.717) is 60.2 Å². The summed E-state index contributed by atoms with van der Waals surface area (Å²) in [4.78, 5) is 39.0. The van der Waals surface area contributed by atoms with Crippen molar-refractivity contribution < 1.29 is 23.8 Å². The lowest BCUT2D eigenvalue weighted by Gasteiger charge is -2.19. The summed E-state index contributed by atoms with van der Waals surface area (Å²) < 4.78 is 17.1. The van der Waals surface area contributed by atoms with Crippen LogP contribution in [0.3, 0.4) is 0 Å². The number of aryl methyl sites for hydroxylation is 1. The molecule has 2 aromatic rings. The normalized spacial score (nSPS) is 14.7. The molecule has 3 N–H and O–H groups in total. The monoisotopic (exact) mass is 567 g/mol. The first-order chi connectivity index (χ1) is 19.6. The molecular formula is C32H45N3O6. The predicted molar refractivity (Wildman–Crippen MR) is 162 cm³/mol. The molecule has 0 aliphatic heterocycles. The molecule has 0 spiro atoms. The third-order valence-electron chi connectivity index (χ3n) is 7.43. The van der Waals surface area contributed by atoms with Crippen LogP contribution in [0.1, 0.15) is 77.0 Å². The Morgan fingerprint density at radius 1 is 1.02 bits per heavy atom. The van der Waals surface area contributed by atoms with E-state index in [0.717, 1.165) is 36.0 Å². The van der Waals surface area contributed by atoms with Gasteiger partial charge in [-0.15, -0.1) is 0 Å². The minimum Gasteiger partial charge on any atom is -0.493 e. The Hall–Kier alpha value is -3.75. The second kappa shape index (κ2) is 14.8. The van der Waals surface area contributed by atoms with E-state index in [-0.39, 0.29) is 17.2 Å². The summed E-state index contributed by atoms with van der Waals surface area (Å²) in [6.07, 6.45) is 4.44. The summed E-state index contributed by atoms with van der Waals surface area (Å²) in [7, 11) is 4.69. The number of hydrogen-bond acceptors (Lipinski definition) is 7. The van der Waals surface area contributed by atoms with Crippen LogP contribution in [0.25, 0.3) is 11.1 Å². The second-order valence-corrected chi connectivity index (χ2v) is 10.9. The molecule has 0 radical (unpaired) electrons. The van der Waals surface area contributed by atoms with Crippen molar-refractivity contribution in [2.75, 3.05) is 33.2 Å². The van der Waals surface area contributed by atoms with Gasteiger partial charge in [-0.05, 0) is 66.5 Å². The van der Waals surface area contributed by atoms with Crippen LogP contribution >= 0.6 is 0 Å². The Bertz CT molecular complexity index is 1290. The molecule has 0 saturated heterocycles. The molecule has 1 unspecified atom stereocenters. The fourth-order valence-corrected chi connectivity index (χ4v) is 5.30.